The third-order valence-electron chi connectivity index (χ3n) is 6.82. The maximum absolute atomic E-state index is 13.4. The summed E-state index contributed by atoms with van der Waals surface area (Å²) in [4.78, 5) is 72.6. The zero-order chi connectivity index (χ0) is 34.5. The highest BCUT2D eigenvalue weighted by molar-refractivity contribution is 9.10. The Hall–Kier alpha value is -5.51. The number of hydrogen-bond acceptors (Lipinski definition) is 7. The molecule has 0 aliphatic heterocycles. The van der Waals surface area contributed by atoms with E-state index in [1.54, 1.807) is 24.3 Å². The minimum atomic E-state index is -1.33. The average Bonchev–Trinajstić information content (AvgIpc) is 3.03. The molecule has 0 aromatic heterocycles. The van der Waals surface area contributed by atoms with Crippen molar-refractivity contribution in [1.29, 1.82) is 0 Å². The molecule has 0 aliphatic rings. The second kappa shape index (κ2) is 17.3. The van der Waals surface area contributed by atoms with Crippen LogP contribution in [0.2, 0.25) is 0 Å². The lowest BCUT2D eigenvalue weighted by atomic mass is 10.0. The number of hydrogen-bond donors (Lipinski definition) is 8. The van der Waals surface area contributed by atoms with E-state index in [4.69, 9.17) is 22.9 Å². The van der Waals surface area contributed by atoms with Gasteiger partial charge in [0.1, 0.15) is 12.1 Å². The monoisotopic (exact) mass is 709 g/mol. The lowest BCUT2D eigenvalue weighted by molar-refractivity contribution is -0.142. The SMILES string of the molecule is NC(N)=NCCCC(NC(=O)C(CCCN=C(N)N)NC(=O)C(=O)c1cc(Br)ccc1NC(=O)c1ccc2ccccc2c1)C(=O)O. The minimum Gasteiger partial charge on any atom is -0.480 e. The molecule has 0 saturated heterocycles. The van der Waals surface area contributed by atoms with E-state index in [0.717, 1.165) is 10.8 Å². The predicted molar refractivity (Wildman–Crippen MR) is 182 cm³/mol. The molecule has 0 fully saturated rings. The molecule has 3 aromatic rings. The van der Waals surface area contributed by atoms with Crippen LogP contribution in [0.1, 0.15) is 46.4 Å². The number of rotatable bonds is 16. The smallest absolute Gasteiger partial charge is 0.326 e. The maximum Gasteiger partial charge on any atom is 0.326 e. The summed E-state index contributed by atoms with van der Waals surface area (Å²) in [5, 5.41) is 18.9. The van der Waals surface area contributed by atoms with Crippen LogP contribution >= 0.6 is 15.9 Å². The van der Waals surface area contributed by atoms with Gasteiger partial charge in [-0.1, -0.05) is 46.3 Å². The van der Waals surface area contributed by atoms with Crippen molar-refractivity contribution in [2.75, 3.05) is 18.4 Å². The molecule has 248 valence electrons. The molecule has 2 unspecified atom stereocenters. The van der Waals surface area contributed by atoms with Gasteiger partial charge in [0, 0.05) is 23.1 Å². The normalized spacial score (nSPS) is 11.9. The van der Waals surface area contributed by atoms with Crippen molar-refractivity contribution < 1.29 is 29.1 Å². The standard InChI is InChI=1S/C31H36BrN9O6/c32-20-11-12-22(39-26(43)19-10-9-17-5-1-2-6-18(17)15-19)21(16-20)25(42)28(45)40-23(7-3-13-37-30(33)34)27(44)41-24(29(46)47)8-4-14-38-31(35)36/h1-2,5-6,9-12,15-16,23-24H,3-4,7-8,13-14H2,(H,39,43)(H,40,45)(H,41,44)(H,46,47)(H4,33,34,37)(H4,35,36,38). The number of guanidine groups is 2. The van der Waals surface area contributed by atoms with E-state index in [9.17, 15) is 29.1 Å². The van der Waals surface area contributed by atoms with E-state index in [2.05, 4.69) is 41.9 Å². The zero-order valence-electron chi connectivity index (χ0n) is 25.2. The van der Waals surface area contributed by atoms with Crippen molar-refractivity contribution in [3.05, 3.63) is 76.3 Å². The number of halogens is 1. The number of nitrogens with zero attached hydrogens (tertiary/aromatic N) is 2. The van der Waals surface area contributed by atoms with Crippen LogP contribution in [0.5, 0.6) is 0 Å². The first-order chi connectivity index (χ1) is 22.3. The molecule has 12 N–H and O–H groups in total. The summed E-state index contributed by atoms with van der Waals surface area (Å²) in [5.41, 5.74) is 21.6. The lowest BCUT2D eigenvalue weighted by Gasteiger charge is -2.21. The van der Waals surface area contributed by atoms with E-state index in [1.165, 1.54) is 12.1 Å². The Bertz CT molecular complexity index is 1700. The number of nitrogens with one attached hydrogen (secondary N) is 3. The number of carbonyl (C=O) groups is 5. The van der Waals surface area contributed by atoms with E-state index in [-0.39, 0.29) is 61.9 Å². The topological polar surface area (TPSA) is 270 Å². The maximum atomic E-state index is 13.4. The number of aliphatic carboxylic acids is 1. The summed E-state index contributed by atoms with van der Waals surface area (Å²) in [7, 11) is 0. The summed E-state index contributed by atoms with van der Waals surface area (Å²) < 4.78 is 0.453. The minimum absolute atomic E-state index is 0.0102. The number of carboxylic acids is 1. The average molecular weight is 711 g/mol. The zero-order valence-corrected chi connectivity index (χ0v) is 26.8. The van der Waals surface area contributed by atoms with Crippen LogP contribution in [0.15, 0.2) is 75.1 Å². The first-order valence-electron chi connectivity index (χ1n) is 14.4. The molecular formula is C31H36BrN9O6. The van der Waals surface area contributed by atoms with Gasteiger partial charge in [-0.15, -0.1) is 0 Å². The van der Waals surface area contributed by atoms with Crippen LogP contribution in [-0.2, 0) is 14.4 Å². The molecule has 47 heavy (non-hydrogen) atoms. The third kappa shape index (κ3) is 11.1. The van der Waals surface area contributed by atoms with Gasteiger partial charge in [0.25, 0.3) is 17.6 Å². The number of Topliss-reactive ketones (excluding diaryl/α,β-unsaturated/α-hetero) is 1. The molecule has 0 spiro atoms. The van der Waals surface area contributed by atoms with Crippen LogP contribution < -0.4 is 38.9 Å². The number of anilines is 1. The highest BCUT2D eigenvalue weighted by atomic mass is 79.9. The van der Waals surface area contributed by atoms with Gasteiger partial charge >= 0.3 is 5.97 Å². The second-order valence-electron chi connectivity index (χ2n) is 10.4. The number of fused-ring (bicyclic) bond motifs is 1. The first-order valence-corrected chi connectivity index (χ1v) is 15.2. The van der Waals surface area contributed by atoms with Crippen LogP contribution in [0.4, 0.5) is 5.69 Å². The Kier molecular flexibility index (Phi) is 13.2. The molecule has 2 atom stereocenters. The summed E-state index contributed by atoms with van der Waals surface area (Å²) >= 11 is 3.28. The first kappa shape index (κ1) is 36.0. The number of nitrogens with two attached hydrogens (primary N) is 4. The van der Waals surface area contributed by atoms with E-state index in [1.807, 2.05) is 24.3 Å². The lowest BCUT2D eigenvalue weighted by Crippen LogP contribution is -2.52. The predicted octanol–water partition coefficient (Wildman–Crippen LogP) is 1.20. The molecule has 0 radical (unpaired) electrons. The Labute approximate surface area is 278 Å². The summed E-state index contributed by atoms with van der Waals surface area (Å²) in [5.74, 6) is -5.21. The second-order valence-corrected chi connectivity index (χ2v) is 11.3. The summed E-state index contributed by atoms with van der Waals surface area (Å²) in [6, 6.07) is 14.4. The quantitative estimate of drug-likeness (QED) is 0.0346. The van der Waals surface area contributed by atoms with Gasteiger partial charge in [0.05, 0.1) is 11.3 Å². The molecule has 0 heterocycles. The van der Waals surface area contributed by atoms with Gasteiger partial charge in [-0.2, -0.15) is 0 Å². The Morgan fingerprint density at radius 2 is 1.38 bits per heavy atom. The number of carboxylic acid groups (broad SMARTS) is 1. The number of ketones is 1. The van der Waals surface area contributed by atoms with Crippen molar-refractivity contribution in [2.24, 2.45) is 32.9 Å². The molecule has 3 aromatic carbocycles. The molecule has 3 amide bonds. The molecule has 0 aliphatic carbocycles. The number of benzene rings is 3. The van der Waals surface area contributed by atoms with Crippen LogP contribution in [0, 0.1) is 0 Å². The highest BCUT2D eigenvalue weighted by Gasteiger charge is 2.29. The van der Waals surface area contributed by atoms with Crippen molar-refractivity contribution in [2.45, 2.75) is 37.8 Å². The highest BCUT2D eigenvalue weighted by Crippen LogP contribution is 2.24. The van der Waals surface area contributed by atoms with Crippen molar-refractivity contribution in [3.8, 4) is 0 Å². The van der Waals surface area contributed by atoms with E-state index in [0.29, 0.717) is 10.0 Å². The van der Waals surface area contributed by atoms with Crippen LogP contribution in [0.25, 0.3) is 10.8 Å². The molecule has 0 bridgehead atoms. The molecule has 15 nitrogen and oxygen atoms in total. The van der Waals surface area contributed by atoms with Gasteiger partial charge in [-0.25, -0.2) is 4.79 Å². The molecule has 0 saturated carbocycles. The van der Waals surface area contributed by atoms with E-state index >= 15 is 0 Å². The fourth-order valence-corrected chi connectivity index (χ4v) is 4.85. The molecule has 3 rings (SSSR count). The number of carbonyl (C=O) groups excluding carboxylic acids is 4. The number of amides is 3. The van der Waals surface area contributed by atoms with Crippen LogP contribution in [0.3, 0.4) is 0 Å². The van der Waals surface area contributed by atoms with Crippen LogP contribution in [-0.4, -0.2) is 71.7 Å². The Morgan fingerprint density at radius 1 is 0.766 bits per heavy atom. The van der Waals surface area contributed by atoms with E-state index < -0.39 is 41.6 Å². The Morgan fingerprint density at radius 3 is 2.00 bits per heavy atom. The van der Waals surface area contributed by atoms with Gasteiger partial charge in [-0.05, 0) is 66.8 Å². The van der Waals surface area contributed by atoms with Gasteiger partial charge in [0.15, 0.2) is 11.9 Å². The van der Waals surface area contributed by atoms with Gasteiger partial charge in [0.2, 0.25) is 5.91 Å². The molecule has 16 heteroatoms. The van der Waals surface area contributed by atoms with Crippen molar-refractivity contribution in [3.63, 3.8) is 0 Å². The molecular weight excluding hydrogens is 674 g/mol. The van der Waals surface area contributed by atoms with Gasteiger partial charge in [-0.3, -0.25) is 29.2 Å². The van der Waals surface area contributed by atoms with Crippen molar-refractivity contribution >= 4 is 73.8 Å². The fraction of sp³-hybridized carbons (Fsp3) is 0.258. The number of aliphatic imine (C=N–C) groups is 2. The fourth-order valence-electron chi connectivity index (χ4n) is 4.49. The van der Waals surface area contributed by atoms with Gasteiger partial charge < -0.3 is 44.0 Å². The summed E-state index contributed by atoms with van der Waals surface area (Å²) in [6.45, 7) is 0.245. The third-order valence-corrected chi connectivity index (χ3v) is 7.31. The van der Waals surface area contributed by atoms with Crippen molar-refractivity contribution in [1.82, 2.24) is 10.6 Å². The Balaban J connectivity index is 1.79. The summed E-state index contributed by atoms with van der Waals surface area (Å²) in [6.07, 6.45) is 0.401. The largest absolute Gasteiger partial charge is 0.480 e.